The zero-order valence-corrected chi connectivity index (χ0v) is 12.4. The molecule has 102 valence electrons. The van der Waals surface area contributed by atoms with E-state index in [2.05, 4.69) is 31.0 Å². The van der Waals surface area contributed by atoms with E-state index in [1.165, 1.54) is 11.7 Å². The molecule has 0 aliphatic carbocycles. The fraction of sp³-hybridized carbons (Fsp3) is 0.200. The number of nitrogens with two attached hydrogens (primary N) is 1. The van der Waals surface area contributed by atoms with Crippen LogP contribution in [0.25, 0.3) is 0 Å². The number of nitrogen functional groups attached to an aromatic ring is 1. The lowest BCUT2D eigenvalue weighted by Crippen LogP contribution is -2.25. The van der Waals surface area contributed by atoms with E-state index in [1.54, 1.807) is 24.3 Å². The molecule has 0 saturated heterocycles. The molecule has 2 aromatic rings. The highest BCUT2D eigenvalue weighted by molar-refractivity contribution is 9.10. The predicted octanol–water partition coefficient (Wildman–Crippen LogP) is 0.638. The summed E-state index contributed by atoms with van der Waals surface area (Å²) in [5.41, 5.74) is 6.99. The van der Waals surface area contributed by atoms with Gasteiger partial charge in [0.1, 0.15) is 0 Å². The van der Waals surface area contributed by atoms with Crippen molar-refractivity contribution in [2.45, 2.75) is 11.6 Å². The first-order valence-electron chi connectivity index (χ1n) is 5.29. The zero-order valence-electron chi connectivity index (χ0n) is 10.0. The smallest absolute Gasteiger partial charge is 0.260 e. The second-order valence-corrected chi connectivity index (χ2v) is 6.31. The number of benzene rings is 1. The van der Waals surface area contributed by atoms with Crippen LogP contribution in [0.4, 0.5) is 5.69 Å². The maximum absolute atomic E-state index is 12.1. The number of nitrogens with one attached hydrogen (secondary N) is 1. The van der Waals surface area contributed by atoms with Crippen LogP contribution in [0, 0.1) is 0 Å². The minimum Gasteiger partial charge on any atom is -0.399 e. The molecule has 0 bridgehead atoms. The third kappa shape index (κ3) is 3.11. The van der Waals surface area contributed by atoms with Gasteiger partial charge >= 0.3 is 0 Å². The van der Waals surface area contributed by atoms with E-state index in [1.807, 2.05) is 0 Å². The monoisotopic (exact) mass is 345 g/mol. The molecule has 7 nitrogen and oxygen atoms in total. The van der Waals surface area contributed by atoms with Crippen molar-refractivity contribution in [2.75, 3.05) is 5.73 Å². The van der Waals surface area contributed by atoms with Crippen LogP contribution in [0.2, 0.25) is 0 Å². The highest BCUT2D eigenvalue weighted by atomic mass is 79.9. The molecule has 0 spiro atoms. The Morgan fingerprint density at radius 3 is 2.79 bits per heavy atom. The van der Waals surface area contributed by atoms with Gasteiger partial charge in [-0.1, -0.05) is 17.3 Å². The number of anilines is 1. The van der Waals surface area contributed by atoms with Gasteiger partial charge in [0, 0.05) is 19.3 Å². The molecule has 0 saturated carbocycles. The first-order chi connectivity index (χ1) is 8.90. The van der Waals surface area contributed by atoms with Crippen molar-refractivity contribution in [2.24, 2.45) is 7.05 Å². The maximum atomic E-state index is 12.1. The summed E-state index contributed by atoms with van der Waals surface area (Å²) in [5.74, 6) is 0. The number of hydrogen-bond donors (Lipinski definition) is 2. The molecule has 1 aromatic heterocycles. The molecule has 2 rings (SSSR count). The Bertz CT molecular complexity index is 678. The van der Waals surface area contributed by atoms with Crippen LogP contribution in [0.1, 0.15) is 5.56 Å². The van der Waals surface area contributed by atoms with Crippen molar-refractivity contribution in [3.05, 3.63) is 34.4 Å². The summed E-state index contributed by atoms with van der Waals surface area (Å²) in [5, 5.41) is 7.26. The van der Waals surface area contributed by atoms with Crippen molar-refractivity contribution in [3.8, 4) is 0 Å². The predicted molar refractivity (Wildman–Crippen MR) is 73.6 cm³/mol. The average molecular weight is 346 g/mol. The van der Waals surface area contributed by atoms with Crippen LogP contribution in [-0.2, 0) is 23.6 Å². The molecule has 1 heterocycles. The zero-order chi connectivity index (χ0) is 14.0. The summed E-state index contributed by atoms with van der Waals surface area (Å²) in [6, 6.07) is 6.99. The van der Waals surface area contributed by atoms with Gasteiger partial charge in [-0.3, -0.25) is 0 Å². The van der Waals surface area contributed by atoms with Crippen molar-refractivity contribution >= 4 is 31.6 Å². The van der Waals surface area contributed by atoms with E-state index >= 15 is 0 Å². The second-order valence-electron chi connectivity index (χ2n) is 3.88. The summed E-state index contributed by atoms with van der Waals surface area (Å²) in [7, 11) is -2.18. The van der Waals surface area contributed by atoms with Crippen molar-refractivity contribution < 1.29 is 8.42 Å². The van der Waals surface area contributed by atoms with Crippen LogP contribution in [-0.4, -0.2) is 23.4 Å². The first kappa shape index (κ1) is 14.0. The summed E-state index contributed by atoms with van der Waals surface area (Å²) in [6.45, 7) is 0.144. The Morgan fingerprint density at radius 2 is 2.21 bits per heavy atom. The molecule has 0 fully saturated rings. The lowest BCUT2D eigenvalue weighted by atomic mass is 10.2. The molecule has 0 radical (unpaired) electrons. The molecule has 0 aliphatic rings. The number of hydrogen-bond acceptors (Lipinski definition) is 5. The largest absolute Gasteiger partial charge is 0.399 e. The van der Waals surface area contributed by atoms with E-state index in [0.29, 0.717) is 5.69 Å². The van der Waals surface area contributed by atoms with Crippen molar-refractivity contribution in [1.82, 2.24) is 19.7 Å². The van der Waals surface area contributed by atoms with Gasteiger partial charge in [0.05, 0.1) is 0 Å². The third-order valence-electron chi connectivity index (χ3n) is 2.41. The van der Waals surface area contributed by atoms with E-state index in [4.69, 9.17) is 5.73 Å². The molecule has 0 aliphatic heterocycles. The first-order valence-corrected chi connectivity index (χ1v) is 7.57. The normalized spacial score (nSPS) is 11.7. The Kier molecular flexibility index (Phi) is 3.88. The van der Waals surface area contributed by atoms with Crippen LogP contribution in [0.5, 0.6) is 0 Å². The molecular weight excluding hydrogens is 334 g/mol. The fourth-order valence-electron chi connectivity index (χ4n) is 1.56. The Hall–Kier alpha value is -1.45. The average Bonchev–Trinajstić information content (AvgIpc) is 2.67. The molecule has 1 aromatic carbocycles. The summed E-state index contributed by atoms with van der Waals surface area (Å²) < 4.78 is 28.1. The van der Waals surface area contributed by atoms with Crippen LogP contribution < -0.4 is 10.5 Å². The minimum atomic E-state index is -3.69. The number of sulfonamides is 1. The molecule has 0 unspecified atom stereocenters. The quantitative estimate of drug-likeness (QED) is 0.791. The number of nitrogens with zero attached hydrogens (tertiary/aromatic N) is 3. The van der Waals surface area contributed by atoms with E-state index in [-0.39, 0.29) is 16.2 Å². The SMILES string of the molecule is Cn1nnc(Br)c1S(=O)(=O)NCc1cccc(N)c1. The molecule has 19 heavy (non-hydrogen) atoms. The Labute approximate surface area is 119 Å². The topological polar surface area (TPSA) is 103 Å². The lowest BCUT2D eigenvalue weighted by Gasteiger charge is -2.07. The maximum Gasteiger partial charge on any atom is 0.260 e. The second kappa shape index (κ2) is 5.27. The summed E-state index contributed by atoms with van der Waals surface area (Å²) >= 11 is 3.06. The van der Waals surface area contributed by atoms with Crippen molar-refractivity contribution in [1.29, 1.82) is 0 Å². The highest BCUT2D eigenvalue weighted by Gasteiger charge is 2.23. The van der Waals surface area contributed by atoms with Crippen LogP contribution in [0.15, 0.2) is 33.9 Å². The van der Waals surface area contributed by atoms with Crippen molar-refractivity contribution in [3.63, 3.8) is 0 Å². The van der Waals surface area contributed by atoms with Gasteiger partial charge in [0.15, 0.2) is 4.60 Å². The molecule has 3 N–H and O–H groups in total. The number of aryl methyl sites for hydroxylation is 1. The van der Waals surface area contributed by atoms with Crippen LogP contribution in [0.3, 0.4) is 0 Å². The van der Waals surface area contributed by atoms with E-state index in [0.717, 1.165) is 5.56 Å². The van der Waals surface area contributed by atoms with Gasteiger partial charge in [-0.2, -0.15) is 0 Å². The number of halogens is 1. The number of rotatable bonds is 4. The standard InChI is InChI=1S/C10H12BrN5O2S/c1-16-10(9(11)14-15-16)19(17,18)13-6-7-3-2-4-8(12)5-7/h2-5,13H,6,12H2,1H3. The molecular formula is C10H12BrN5O2S. The van der Waals surface area contributed by atoms with Gasteiger partial charge in [-0.05, 0) is 33.6 Å². The lowest BCUT2D eigenvalue weighted by molar-refractivity contribution is 0.560. The highest BCUT2D eigenvalue weighted by Crippen LogP contribution is 2.18. The molecule has 9 heteroatoms. The van der Waals surface area contributed by atoms with E-state index in [9.17, 15) is 8.42 Å². The molecule has 0 atom stereocenters. The van der Waals surface area contributed by atoms with Gasteiger partial charge in [-0.25, -0.2) is 17.8 Å². The van der Waals surface area contributed by atoms with Gasteiger partial charge < -0.3 is 5.73 Å². The Balaban J connectivity index is 2.19. The van der Waals surface area contributed by atoms with Gasteiger partial charge in [0.25, 0.3) is 10.0 Å². The summed E-state index contributed by atoms with van der Waals surface area (Å²) in [4.78, 5) is 0. The van der Waals surface area contributed by atoms with Gasteiger partial charge in [0.2, 0.25) is 5.03 Å². The van der Waals surface area contributed by atoms with E-state index < -0.39 is 10.0 Å². The minimum absolute atomic E-state index is 0.0172. The molecule has 0 amide bonds. The fourth-order valence-corrected chi connectivity index (χ4v) is 3.67. The third-order valence-corrected chi connectivity index (χ3v) is 4.70. The Morgan fingerprint density at radius 1 is 1.47 bits per heavy atom. The van der Waals surface area contributed by atoms with Crippen LogP contribution >= 0.6 is 15.9 Å². The summed E-state index contributed by atoms with van der Waals surface area (Å²) in [6.07, 6.45) is 0. The van der Waals surface area contributed by atoms with Gasteiger partial charge in [-0.15, -0.1) is 5.10 Å². The number of aromatic nitrogens is 3.